The Bertz CT molecular complexity index is 1180. The van der Waals surface area contributed by atoms with Crippen molar-refractivity contribution < 1.29 is 28.3 Å². The number of nitrogens with one attached hydrogen (secondary N) is 1. The van der Waals surface area contributed by atoms with Gasteiger partial charge in [0.25, 0.3) is 0 Å². The van der Waals surface area contributed by atoms with Crippen LogP contribution in [-0.2, 0) is 25.3 Å². The molecule has 0 spiro atoms. The number of ether oxygens (including phenoxy) is 2. The van der Waals surface area contributed by atoms with Crippen LogP contribution in [-0.4, -0.2) is 80.5 Å². The number of hydrogen-bond acceptors (Lipinski definition) is 6. The van der Waals surface area contributed by atoms with E-state index in [2.05, 4.69) is 45.3 Å². The van der Waals surface area contributed by atoms with Crippen LogP contribution >= 0.6 is 0 Å². The van der Waals surface area contributed by atoms with Crippen molar-refractivity contribution in [2.75, 3.05) is 26.8 Å². The summed E-state index contributed by atoms with van der Waals surface area (Å²) in [6, 6.07) is 6.82. The van der Waals surface area contributed by atoms with Crippen LogP contribution in [0.2, 0.25) is 18.1 Å². The lowest BCUT2D eigenvalue weighted by Gasteiger charge is -2.38. The van der Waals surface area contributed by atoms with Crippen LogP contribution in [0.1, 0.15) is 71.8 Å². The van der Waals surface area contributed by atoms with Crippen LogP contribution in [0.3, 0.4) is 0 Å². The van der Waals surface area contributed by atoms with Gasteiger partial charge >= 0.3 is 12.0 Å². The van der Waals surface area contributed by atoms with Gasteiger partial charge in [-0.2, -0.15) is 0 Å². The molecule has 2 heterocycles. The van der Waals surface area contributed by atoms with Gasteiger partial charge < -0.3 is 29.0 Å². The molecule has 4 atom stereocenters. The first-order valence-electron chi connectivity index (χ1n) is 15.8. The third kappa shape index (κ3) is 7.63. The molecule has 0 radical (unpaired) electrons. The lowest BCUT2D eigenvalue weighted by Crippen LogP contribution is -2.55. The van der Waals surface area contributed by atoms with Crippen molar-refractivity contribution in [3.05, 3.63) is 42.0 Å². The van der Waals surface area contributed by atoms with Gasteiger partial charge in [0.1, 0.15) is 17.3 Å². The van der Waals surface area contributed by atoms with E-state index in [0.717, 1.165) is 37.0 Å². The fourth-order valence-corrected chi connectivity index (χ4v) is 7.18. The summed E-state index contributed by atoms with van der Waals surface area (Å²) in [5, 5.41) is 3.05. The molecule has 4 rings (SSSR count). The summed E-state index contributed by atoms with van der Waals surface area (Å²) in [6.07, 6.45) is 8.50. The highest BCUT2D eigenvalue weighted by atomic mass is 28.4. The number of carbonyl (C=O) groups excluding carboxylic acids is 3. The molecule has 1 aromatic carbocycles. The summed E-state index contributed by atoms with van der Waals surface area (Å²) in [6.45, 7) is 14.3. The number of benzene rings is 1. The fourth-order valence-electron chi connectivity index (χ4n) is 5.83. The molecule has 43 heavy (non-hydrogen) atoms. The Hall–Kier alpha value is -2.85. The Balaban J connectivity index is 1.65. The highest BCUT2D eigenvalue weighted by molar-refractivity contribution is 6.74. The number of hydrogen-bond donors (Lipinski definition) is 1. The molecule has 1 aliphatic carbocycles. The van der Waals surface area contributed by atoms with Crippen molar-refractivity contribution in [3.8, 4) is 5.75 Å². The molecular weight excluding hydrogens is 562 g/mol. The Morgan fingerprint density at radius 1 is 1.12 bits per heavy atom. The predicted molar refractivity (Wildman–Crippen MR) is 169 cm³/mol. The van der Waals surface area contributed by atoms with Gasteiger partial charge in [0.15, 0.2) is 8.32 Å². The second kappa shape index (κ2) is 13.4. The number of fused-ring (bicyclic) bond motifs is 2. The summed E-state index contributed by atoms with van der Waals surface area (Å²) >= 11 is 0. The Labute approximate surface area is 258 Å². The van der Waals surface area contributed by atoms with Crippen molar-refractivity contribution >= 4 is 26.2 Å². The van der Waals surface area contributed by atoms with Crippen LogP contribution in [0, 0.1) is 5.92 Å². The standard InChI is InChI=1S/C33H51N3O6Si/c1-8-41-30(38)33-21-25(33)14-12-10-9-11-13-19-35(22-24-15-17-26(40-5)18-16-24)31(39)36-23-27(20-28(36)29(37)34-33)42-43(6,7)32(2,3)4/h12,14-18,25,27-28H,8-11,13,19-23H2,1-7H3,(H,34,37)/b14-12+. The first kappa shape index (κ1) is 33.0. The number of esters is 1. The molecule has 1 N–H and O–H groups in total. The first-order valence-corrected chi connectivity index (χ1v) is 18.7. The monoisotopic (exact) mass is 613 g/mol. The lowest BCUT2D eigenvalue weighted by molar-refractivity contribution is -0.149. The maximum Gasteiger partial charge on any atom is 0.332 e. The third-order valence-electron chi connectivity index (χ3n) is 9.55. The van der Waals surface area contributed by atoms with Gasteiger partial charge in [0.2, 0.25) is 5.91 Å². The summed E-state index contributed by atoms with van der Waals surface area (Å²) in [5.41, 5.74) is -0.0917. The predicted octanol–water partition coefficient (Wildman–Crippen LogP) is 5.65. The smallest absolute Gasteiger partial charge is 0.332 e. The Morgan fingerprint density at radius 3 is 2.49 bits per heavy atom. The van der Waals surface area contributed by atoms with E-state index in [9.17, 15) is 14.4 Å². The molecule has 1 saturated heterocycles. The molecule has 2 fully saturated rings. The molecule has 238 valence electrons. The van der Waals surface area contributed by atoms with Gasteiger partial charge in [-0.15, -0.1) is 0 Å². The zero-order valence-corrected chi connectivity index (χ0v) is 28.1. The molecule has 2 aliphatic heterocycles. The second-order valence-corrected chi connectivity index (χ2v) is 18.5. The summed E-state index contributed by atoms with van der Waals surface area (Å²) < 4.78 is 17.5. The number of rotatable bonds is 7. The van der Waals surface area contributed by atoms with E-state index in [1.165, 1.54) is 0 Å². The zero-order chi connectivity index (χ0) is 31.4. The molecule has 0 bridgehead atoms. The quantitative estimate of drug-likeness (QED) is 0.243. The Morgan fingerprint density at radius 2 is 1.84 bits per heavy atom. The highest BCUT2D eigenvalue weighted by Gasteiger charge is 2.62. The lowest BCUT2D eigenvalue weighted by atomic mass is 10.1. The normalized spacial score (nSPS) is 27.7. The number of methoxy groups -OCH3 is 1. The number of urea groups is 1. The highest BCUT2D eigenvalue weighted by Crippen LogP contribution is 2.46. The summed E-state index contributed by atoms with van der Waals surface area (Å²) in [5.74, 6) is -0.0839. The average Bonchev–Trinajstić information content (AvgIpc) is 3.48. The Kier molecular flexibility index (Phi) is 10.3. The van der Waals surface area contributed by atoms with Gasteiger partial charge in [0, 0.05) is 32.0 Å². The van der Waals surface area contributed by atoms with Crippen LogP contribution in [0.25, 0.3) is 0 Å². The largest absolute Gasteiger partial charge is 0.497 e. The molecule has 9 nitrogen and oxygen atoms in total. The van der Waals surface area contributed by atoms with Gasteiger partial charge in [-0.3, -0.25) is 4.79 Å². The molecule has 10 heteroatoms. The van der Waals surface area contributed by atoms with Crippen molar-refractivity contribution in [2.45, 2.75) is 109 Å². The van der Waals surface area contributed by atoms with Crippen LogP contribution in [0.15, 0.2) is 36.4 Å². The third-order valence-corrected chi connectivity index (χ3v) is 14.1. The van der Waals surface area contributed by atoms with Gasteiger partial charge in [-0.05, 0) is 68.4 Å². The molecular formula is C33H51N3O6Si. The van der Waals surface area contributed by atoms with Crippen LogP contribution < -0.4 is 10.1 Å². The number of carbonyl (C=O) groups is 3. The zero-order valence-electron chi connectivity index (χ0n) is 27.1. The molecule has 4 unspecified atom stereocenters. The van der Waals surface area contributed by atoms with Gasteiger partial charge in [-0.1, -0.05) is 51.5 Å². The van der Waals surface area contributed by atoms with E-state index in [1.54, 1.807) is 18.9 Å². The number of allylic oxidation sites excluding steroid dienone is 1. The first-order chi connectivity index (χ1) is 20.3. The minimum absolute atomic E-state index is 0.0160. The number of amides is 3. The molecule has 1 saturated carbocycles. The topological polar surface area (TPSA) is 97.4 Å². The summed E-state index contributed by atoms with van der Waals surface area (Å²) in [7, 11) is -0.540. The van der Waals surface area contributed by atoms with E-state index in [0.29, 0.717) is 32.5 Å². The van der Waals surface area contributed by atoms with Crippen LogP contribution in [0.4, 0.5) is 4.79 Å². The van der Waals surface area contributed by atoms with E-state index in [1.807, 2.05) is 35.2 Å². The van der Waals surface area contributed by atoms with Crippen molar-refractivity contribution in [2.24, 2.45) is 5.92 Å². The van der Waals surface area contributed by atoms with E-state index >= 15 is 0 Å². The van der Waals surface area contributed by atoms with Gasteiger partial charge in [-0.25, -0.2) is 9.59 Å². The van der Waals surface area contributed by atoms with E-state index in [-0.39, 0.29) is 35.6 Å². The van der Waals surface area contributed by atoms with Gasteiger partial charge in [0.05, 0.1) is 19.8 Å². The van der Waals surface area contributed by atoms with E-state index in [4.69, 9.17) is 13.9 Å². The minimum atomic E-state index is -2.17. The maximum absolute atomic E-state index is 14.4. The average molecular weight is 614 g/mol. The number of nitrogens with zero attached hydrogens (tertiary/aromatic N) is 2. The summed E-state index contributed by atoms with van der Waals surface area (Å²) in [4.78, 5) is 45.1. The fraction of sp³-hybridized carbons (Fsp3) is 0.667. The minimum Gasteiger partial charge on any atom is -0.497 e. The van der Waals surface area contributed by atoms with E-state index < -0.39 is 25.9 Å². The molecule has 1 aromatic rings. The van der Waals surface area contributed by atoms with Crippen LogP contribution in [0.5, 0.6) is 5.75 Å². The molecule has 0 aromatic heterocycles. The van der Waals surface area contributed by atoms with Crippen molar-refractivity contribution in [1.82, 2.24) is 15.1 Å². The molecule has 3 aliphatic rings. The van der Waals surface area contributed by atoms with Crippen molar-refractivity contribution in [1.29, 1.82) is 0 Å². The molecule has 3 amide bonds. The maximum atomic E-state index is 14.4. The second-order valence-electron chi connectivity index (χ2n) is 13.7. The van der Waals surface area contributed by atoms with Crippen molar-refractivity contribution in [3.63, 3.8) is 0 Å². The SMILES string of the molecule is CCOC(=O)C12CC1/C=C/CCCCCN(Cc1ccc(OC)cc1)C(=O)N1CC(O[Si](C)(C)C(C)(C)C)CC1C(=O)N2.